The van der Waals surface area contributed by atoms with Gasteiger partial charge < -0.3 is 14.6 Å². The van der Waals surface area contributed by atoms with Crippen molar-refractivity contribution < 1.29 is 24.2 Å². The number of rotatable bonds is 8. The van der Waals surface area contributed by atoms with E-state index >= 15 is 0 Å². The normalized spacial score (nSPS) is 17.2. The third kappa shape index (κ3) is 5.28. The quantitative estimate of drug-likeness (QED) is 0.236. The van der Waals surface area contributed by atoms with Crippen LogP contribution in [0.15, 0.2) is 84.4 Å². The van der Waals surface area contributed by atoms with Crippen LogP contribution >= 0.6 is 0 Å². The Morgan fingerprint density at radius 3 is 2.22 bits per heavy atom. The number of nitrogens with zero attached hydrogens (tertiary/aromatic N) is 1. The number of amides is 1. The van der Waals surface area contributed by atoms with Gasteiger partial charge in [0.2, 0.25) is 0 Å². The van der Waals surface area contributed by atoms with E-state index in [-0.39, 0.29) is 17.4 Å². The van der Waals surface area contributed by atoms with Crippen LogP contribution in [0.25, 0.3) is 5.76 Å². The third-order valence-electron chi connectivity index (χ3n) is 5.74. The lowest BCUT2D eigenvalue weighted by atomic mass is 9.95. The third-order valence-corrected chi connectivity index (χ3v) is 5.74. The first-order valence-corrected chi connectivity index (χ1v) is 12.1. The largest absolute Gasteiger partial charge is 0.507 e. The zero-order valence-corrected chi connectivity index (χ0v) is 21.0. The standard InChI is InChI=1S/C30H31NO5/c1-19(2)18-35-25-12-8-9-22(17-25)28(32)26-27(21-13-15-24(16-14-21)36-20(3)4)31(30(34)29(26)33)23-10-6-5-7-11-23/h5-17,19-20,27,32H,18H2,1-4H3/b28-26-. The van der Waals surface area contributed by atoms with Crippen LogP contribution < -0.4 is 14.4 Å². The summed E-state index contributed by atoms with van der Waals surface area (Å²) in [5, 5.41) is 11.4. The van der Waals surface area contributed by atoms with Crippen LogP contribution in [-0.2, 0) is 9.59 Å². The monoisotopic (exact) mass is 485 g/mol. The molecular formula is C30H31NO5. The highest BCUT2D eigenvalue weighted by Gasteiger charge is 2.46. The average molecular weight is 486 g/mol. The van der Waals surface area contributed by atoms with Gasteiger partial charge in [-0.25, -0.2) is 0 Å². The van der Waals surface area contributed by atoms with Crippen molar-refractivity contribution >= 4 is 23.1 Å². The number of carbonyl (C=O) groups excluding carboxylic acids is 2. The molecule has 1 unspecified atom stereocenters. The first-order valence-electron chi connectivity index (χ1n) is 12.1. The fourth-order valence-electron chi connectivity index (χ4n) is 4.16. The minimum absolute atomic E-state index is 0.0102. The topological polar surface area (TPSA) is 76.1 Å². The second-order valence-corrected chi connectivity index (χ2v) is 9.47. The van der Waals surface area contributed by atoms with Gasteiger partial charge in [-0.1, -0.05) is 56.3 Å². The molecule has 1 aliphatic heterocycles. The molecular weight excluding hydrogens is 454 g/mol. The number of Topliss-reactive ketones (excluding diaryl/α,β-unsaturated/α-hetero) is 1. The summed E-state index contributed by atoms with van der Waals surface area (Å²) in [6.07, 6.45) is 0.0102. The molecule has 0 saturated carbocycles. The van der Waals surface area contributed by atoms with E-state index in [1.807, 2.05) is 45.9 Å². The first kappa shape index (κ1) is 25.0. The van der Waals surface area contributed by atoms with Crippen molar-refractivity contribution in [2.75, 3.05) is 11.5 Å². The van der Waals surface area contributed by atoms with Crippen LogP contribution in [0.3, 0.4) is 0 Å². The van der Waals surface area contributed by atoms with Crippen LogP contribution in [0.4, 0.5) is 5.69 Å². The summed E-state index contributed by atoms with van der Waals surface area (Å²) in [6.45, 7) is 8.50. The fourth-order valence-corrected chi connectivity index (χ4v) is 4.16. The summed E-state index contributed by atoms with van der Waals surface area (Å²) in [5.74, 6) is -0.0765. The molecule has 186 valence electrons. The molecule has 0 spiro atoms. The predicted octanol–water partition coefficient (Wildman–Crippen LogP) is 6.13. The molecule has 3 aromatic carbocycles. The number of anilines is 1. The van der Waals surface area contributed by atoms with Crippen molar-refractivity contribution in [2.45, 2.75) is 39.8 Å². The van der Waals surface area contributed by atoms with Crippen molar-refractivity contribution in [3.05, 3.63) is 95.6 Å². The number of hydrogen-bond acceptors (Lipinski definition) is 5. The van der Waals surface area contributed by atoms with E-state index < -0.39 is 17.7 Å². The molecule has 1 saturated heterocycles. The molecule has 0 radical (unpaired) electrons. The Kier molecular flexibility index (Phi) is 7.44. The van der Waals surface area contributed by atoms with Gasteiger partial charge in [0.1, 0.15) is 17.3 Å². The molecule has 1 atom stereocenters. The Hall–Kier alpha value is -4.06. The molecule has 0 aliphatic carbocycles. The lowest BCUT2D eigenvalue weighted by Crippen LogP contribution is -2.29. The molecule has 1 aliphatic rings. The van der Waals surface area contributed by atoms with Crippen molar-refractivity contribution in [1.82, 2.24) is 0 Å². The van der Waals surface area contributed by atoms with Crippen LogP contribution in [0, 0.1) is 5.92 Å². The van der Waals surface area contributed by atoms with E-state index in [0.717, 1.165) is 0 Å². The maximum absolute atomic E-state index is 13.3. The number of aliphatic hydroxyl groups is 1. The van der Waals surface area contributed by atoms with E-state index in [2.05, 4.69) is 0 Å². The van der Waals surface area contributed by atoms with Crippen molar-refractivity contribution in [3.8, 4) is 11.5 Å². The number of ether oxygens (including phenoxy) is 2. The first-order chi connectivity index (χ1) is 17.3. The summed E-state index contributed by atoms with van der Waals surface area (Å²) >= 11 is 0. The van der Waals surface area contributed by atoms with E-state index in [1.54, 1.807) is 60.7 Å². The summed E-state index contributed by atoms with van der Waals surface area (Å²) in [4.78, 5) is 28.0. The second-order valence-electron chi connectivity index (χ2n) is 9.47. The summed E-state index contributed by atoms with van der Waals surface area (Å²) in [7, 11) is 0. The molecule has 4 rings (SSSR count). The molecule has 1 amide bonds. The Morgan fingerprint density at radius 2 is 1.58 bits per heavy atom. The molecule has 36 heavy (non-hydrogen) atoms. The highest BCUT2D eigenvalue weighted by atomic mass is 16.5. The highest BCUT2D eigenvalue weighted by Crippen LogP contribution is 2.42. The highest BCUT2D eigenvalue weighted by molar-refractivity contribution is 6.51. The number of ketones is 1. The Bertz CT molecular complexity index is 1260. The number of para-hydroxylation sites is 1. The Morgan fingerprint density at radius 1 is 0.889 bits per heavy atom. The second kappa shape index (κ2) is 10.7. The molecule has 6 heteroatoms. The minimum atomic E-state index is -0.805. The van der Waals surface area contributed by atoms with Gasteiger partial charge in [-0.15, -0.1) is 0 Å². The zero-order chi connectivity index (χ0) is 25.8. The van der Waals surface area contributed by atoms with Gasteiger partial charge in [0.05, 0.1) is 24.3 Å². The smallest absolute Gasteiger partial charge is 0.300 e. The van der Waals surface area contributed by atoms with E-state index in [4.69, 9.17) is 9.47 Å². The molecule has 0 aromatic heterocycles. The summed E-state index contributed by atoms with van der Waals surface area (Å²) in [5.41, 5.74) is 1.69. The number of carbonyl (C=O) groups is 2. The van der Waals surface area contributed by atoms with Crippen LogP contribution in [0.2, 0.25) is 0 Å². The summed E-state index contributed by atoms with van der Waals surface area (Å²) in [6, 6.07) is 22.4. The maximum atomic E-state index is 13.3. The van der Waals surface area contributed by atoms with Gasteiger partial charge in [-0.05, 0) is 61.7 Å². The van der Waals surface area contributed by atoms with Crippen LogP contribution in [0.1, 0.15) is 44.9 Å². The van der Waals surface area contributed by atoms with Crippen LogP contribution in [0.5, 0.6) is 11.5 Å². The SMILES string of the molecule is CC(C)COc1cccc(/C(O)=C2/C(=O)C(=O)N(c3ccccc3)C2c2ccc(OC(C)C)cc2)c1. The van der Waals surface area contributed by atoms with Gasteiger partial charge in [0, 0.05) is 11.3 Å². The van der Waals surface area contributed by atoms with Crippen molar-refractivity contribution in [3.63, 3.8) is 0 Å². The van der Waals surface area contributed by atoms with Gasteiger partial charge in [0.25, 0.3) is 11.7 Å². The Labute approximate surface area is 211 Å². The van der Waals surface area contributed by atoms with E-state index in [0.29, 0.717) is 40.8 Å². The minimum Gasteiger partial charge on any atom is -0.507 e. The zero-order valence-electron chi connectivity index (χ0n) is 21.0. The number of aliphatic hydroxyl groups excluding tert-OH is 1. The molecule has 6 nitrogen and oxygen atoms in total. The van der Waals surface area contributed by atoms with Crippen LogP contribution in [-0.4, -0.2) is 29.5 Å². The van der Waals surface area contributed by atoms with Gasteiger partial charge in [0.15, 0.2) is 0 Å². The fraction of sp³-hybridized carbons (Fsp3) is 0.267. The lowest BCUT2D eigenvalue weighted by molar-refractivity contribution is -0.132. The lowest BCUT2D eigenvalue weighted by Gasteiger charge is -2.25. The van der Waals surface area contributed by atoms with E-state index in [9.17, 15) is 14.7 Å². The average Bonchev–Trinajstić information content (AvgIpc) is 3.13. The molecule has 1 N–H and O–H groups in total. The number of benzene rings is 3. The number of hydrogen-bond donors (Lipinski definition) is 1. The van der Waals surface area contributed by atoms with Crippen molar-refractivity contribution in [1.29, 1.82) is 0 Å². The maximum Gasteiger partial charge on any atom is 0.300 e. The van der Waals surface area contributed by atoms with Crippen molar-refractivity contribution in [2.24, 2.45) is 5.92 Å². The Balaban J connectivity index is 1.82. The molecule has 1 heterocycles. The van der Waals surface area contributed by atoms with E-state index in [1.165, 1.54) is 4.90 Å². The molecule has 0 bridgehead atoms. The van der Waals surface area contributed by atoms with Gasteiger partial charge >= 0.3 is 0 Å². The summed E-state index contributed by atoms with van der Waals surface area (Å²) < 4.78 is 11.6. The predicted molar refractivity (Wildman–Crippen MR) is 140 cm³/mol. The molecule has 3 aromatic rings. The molecule has 1 fully saturated rings. The van der Waals surface area contributed by atoms with Gasteiger partial charge in [-0.3, -0.25) is 14.5 Å². The van der Waals surface area contributed by atoms with Gasteiger partial charge in [-0.2, -0.15) is 0 Å².